The van der Waals surface area contributed by atoms with Crippen LogP contribution in [0.1, 0.15) is 60.1 Å². The first-order valence-corrected chi connectivity index (χ1v) is 15.6. The molecular formula is C34H42N6O8. The van der Waals surface area contributed by atoms with Gasteiger partial charge in [-0.3, -0.25) is 29.3 Å². The summed E-state index contributed by atoms with van der Waals surface area (Å²) in [4.78, 5) is 67.5. The van der Waals surface area contributed by atoms with Gasteiger partial charge in [-0.15, -0.1) is 0 Å². The van der Waals surface area contributed by atoms with Crippen LogP contribution in [-0.4, -0.2) is 86.4 Å². The fourth-order valence-corrected chi connectivity index (χ4v) is 5.35. The van der Waals surface area contributed by atoms with E-state index in [1.54, 1.807) is 14.2 Å². The lowest BCUT2D eigenvalue weighted by molar-refractivity contribution is -0.135. The second-order valence-electron chi connectivity index (χ2n) is 11.3. The summed E-state index contributed by atoms with van der Waals surface area (Å²) in [5.41, 5.74) is 3.89. The van der Waals surface area contributed by atoms with Crippen LogP contribution in [0, 0.1) is 0 Å². The summed E-state index contributed by atoms with van der Waals surface area (Å²) in [6.45, 7) is 6.90. The highest BCUT2D eigenvalue weighted by Crippen LogP contribution is 2.36. The van der Waals surface area contributed by atoms with Crippen molar-refractivity contribution in [1.29, 1.82) is 0 Å². The van der Waals surface area contributed by atoms with Gasteiger partial charge in [0, 0.05) is 62.6 Å². The van der Waals surface area contributed by atoms with Crippen LogP contribution in [0.4, 0.5) is 0 Å². The summed E-state index contributed by atoms with van der Waals surface area (Å²) >= 11 is 0. The Labute approximate surface area is 278 Å². The van der Waals surface area contributed by atoms with Gasteiger partial charge in [0.15, 0.2) is 0 Å². The third-order valence-electron chi connectivity index (χ3n) is 8.03. The second-order valence-corrected chi connectivity index (χ2v) is 11.3. The minimum atomic E-state index is -0.854. The number of imide groups is 1. The molecule has 1 saturated heterocycles. The number of hydrogen-bond acceptors (Lipinski definition) is 10. The number of pyridine rings is 1. The van der Waals surface area contributed by atoms with Gasteiger partial charge in [-0.1, -0.05) is 6.58 Å². The molecule has 4 amide bonds. The van der Waals surface area contributed by atoms with Gasteiger partial charge in [-0.05, 0) is 44.4 Å². The van der Waals surface area contributed by atoms with Crippen molar-refractivity contribution in [1.82, 2.24) is 25.4 Å². The molecule has 256 valence electrons. The van der Waals surface area contributed by atoms with Crippen LogP contribution in [0.5, 0.6) is 11.5 Å². The Hall–Kier alpha value is -5.24. The van der Waals surface area contributed by atoms with E-state index < -0.39 is 29.3 Å². The molecule has 1 unspecified atom stereocenters. The Kier molecular flexibility index (Phi) is 12.3. The van der Waals surface area contributed by atoms with E-state index in [9.17, 15) is 24.0 Å². The molecule has 0 aliphatic carbocycles. The van der Waals surface area contributed by atoms with Gasteiger partial charge < -0.3 is 34.3 Å². The second kappa shape index (κ2) is 16.5. The molecule has 1 aromatic heterocycles. The smallest absolute Gasteiger partial charge is 0.252 e. The first-order valence-electron chi connectivity index (χ1n) is 15.6. The largest absolute Gasteiger partial charge is 0.496 e. The summed E-state index contributed by atoms with van der Waals surface area (Å²) in [7, 11) is 5.12. The fraction of sp³-hybridized carbons (Fsp3) is 0.412. The molecule has 4 rings (SSSR count). The molecule has 14 nitrogen and oxygen atoms in total. The van der Waals surface area contributed by atoms with Gasteiger partial charge in [-0.25, -0.2) is 4.99 Å². The normalized spacial score (nSPS) is 16.1. The Bertz CT molecular complexity index is 1670. The molecule has 2 aliphatic rings. The average molecular weight is 663 g/mol. The highest BCUT2D eigenvalue weighted by molar-refractivity contribution is 6.02. The van der Waals surface area contributed by atoms with Gasteiger partial charge in [-0.2, -0.15) is 0 Å². The van der Waals surface area contributed by atoms with Gasteiger partial charge in [0.25, 0.3) is 11.5 Å². The summed E-state index contributed by atoms with van der Waals surface area (Å²) in [5, 5.41) is 7.74. The van der Waals surface area contributed by atoms with E-state index in [-0.39, 0.29) is 44.1 Å². The van der Waals surface area contributed by atoms with Crippen molar-refractivity contribution in [3.05, 3.63) is 76.0 Å². The van der Waals surface area contributed by atoms with E-state index in [4.69, 9.17) is 14.2 Å². The van der Waals surface area contributed by atoms with E-state index in [1.165, 1.54) is 22.9 Å². The molecule has 1 atom stereocenters. The standard InChI is InChI=1S/C34H42N6O8/c1-21-22(2)39(3)20-26(37-21)24-17-28(46-4)25(29(18-24)47-5)7-6-8-30(41)35-13-15-48-16-14-36-33(44)23-9-12-32(43)40(19-23)27-10-11-31(42)38-34(27)45/h9,12,17-20,27H,2,6-8,10-11,13-16H2,1,3-5H3,(H,35,41)(H,36,44)(H,38,42,45). The number of carbonyl (C=O) groups excluding carboxylic acids is 4. The molecule has 2 aromatic rings. The number of benzene rings is 1. The number of hydrogen-bond donors (Lipinski definition) is 3. The highest BCUT2D eigenvalue weighted by atomic mass is 16.5. The fourth-order valence-electron chi connectivity index (χ4n) is 5.35. The summed E-state index contributed by atoms with van der Waals surface area (Å²) in [6, 6.07) is 5.57. The first kappa shape index (κ1) is 35.6. The monoisotopic (exact) mass is 662 g/mol. The van der Waals surface area contributed by atoms with E-state index in [0.717, 1.165) is 28.2 Å². The van der Waals surface area contributed by atoms with Crippen molar-refractivity contribution in [2.75, 3.05) is 47.6 Å². The summed E-state index contributed by atoms with van der Waals surface area (Å²) in [5.74, 6) is -0.213. The molecule has 0 spiro atoms. The molecule has 14 heteroatoms. The van der Waals surface area contributed by atoms with Crippen LogP contribution < -0.4 is 31.0 Å². The topological polar surface area (TPSA) is 170 Å². The van der Waals surface area contributed by atoms with Crippen molar-refractivity contribution in [2.45, 2.75) is 45.1 Å². The molecule has 1 fully saturated rings. The number of nitrogens with zero attached hydrogens (tertiary/aromatic N) is 3. The number of allylic oxidation sites excluding steroid dienone is 1. The Balaban J connectivity index is 1.16. The number of aliphatic imine (C=N–C) groups is 1. The minimum absolute atomic E-state index is 0.112. The van der Waals surface area contributed by atoms with Gasteiger partial charge in [0.2, 0.25) is 17.7 Å². The number of amides is 4. The number of aromatic nitrogens is 1. The maximum atomic E-state index is 12.6. The molecule has 1 aromatic carbocycles. The lowest BCUT2D eigenvalue weighted by atomic mass is 10.0. The zero-order valence-corrected chi connectivity index (χ0v) is 27.7. The van der Waals surface area contributed by atoms with Crippen LogP contribution in [0.2, 0.25) is 0 Å². The maximum absolute atomic E-state index is 12.6. The van der Waals surface area contributed by atoms with Gasteiger partial charge >= 0.3 is 0 Å². The number of rotatable bonds is 15. The van der Waals surface area contributed by atoms with Crippen molar-refractivity contribution in [3.63, 3.8) is 0 Å². The van der Waals surface area contributed by atoms with Crippen LogP contribution in [0.15, 0.2) is 58.7 Å². The highest BCUT2D eigenvalue weighted by Gasteiger charge is 2.29. The first-order chi connectivity index (χ1) is 23.0. The SMILES string of the molecule is C=C1C(C)=NC(c2cc(OC)c(CCCC(=O)NCCOCCNC(=O)c3ccc(=O)n(C4CCC(=O)NC4=O)c3)c(OC)c2)=CN1C. The third-order valence-corrected chi connectivity index (χ3v) is 8.03. The van der Waals surface area contributed by atoms with E-state index in [1.807, 2.05) is 37.2 Å². The minimum Gasteiger partial charge on any atom is -0.496 e. The zero-order valence-electron chi connectivity index (χ0n) is 27.7. The molecule has 0 saturated carbocycles. The predicted molar refractivity (Wildman–Crippen MR) is 179 cm³/mol. The van der Waals surface area contributed by atoms with E-state index in [2.05, 4.69) is 27.5 Å². The number of piperidine rings is 1. The molecule has 2 aliphatic heterocycles. The molecule has 3 heterocycles. The van der Waals surface area contributed by atoms with Crippen LogP contribution >= 0.6 is 0 Å². The van der Waals surface area contributed by atoms with Crippen molar-refractivity contribution < 1.29 is 33.4 Å². The number of methoxy groups -OCH3 is 2. The number of nitrogens with one attached hydrogen (secondary N) is 3. The number of carbonyl (C=O) groups is 4. The van der Waals surface area contributed by atoms with E-state index >= 15 is 0 Å². The van der Waals surface area contributed by atoms with Crippen LogP contribution in [0.3, 0.4) is 0 Å². The number of ether oxygens (including phenoxy) is 3. The Morgan fingerprint density at radius 2 is 1.75 bits per heavy atom. The van der Waals surface area contributed by atoms with Gasteiger partial charge in [0.05, 0.1) is 50.1 Å². The zero-order chi connectivity index (χ0) is 34.8. The van der Waals surface area contributed by atoms with Crippen molar-refractivity contribution in [3.8, 4) is 11.5 Å². The summed E-state index contributed by atoms with van der Waals surface area (Å²) < 4.78 is 18.0. The van der Waals surface area contributed by atoms with Crippen molar-refractivity contribution >= 4 is 35.0 Å². The lowest BCUT2D eigenvalue weighted by Crippen LogP contribution is -2.44. The molecular weight excluding hydrogens is 620 g/mol. The van der Waals surface area contributed by atoms with Gasteiger partial charge in [0.1, 0.15) is 17.5 Å². The summed E-state index contributed by atoms with van der Waals surface area (Å²) in [6.07, 6.45) is 4.96. The molecule has 48 heavy (non-hydrogen) atoms. The van der Waals surface area contributed by atoms with Crippen LogP contribution in [0.25, 0.3) is 5.70 Å². The maximum Gasteiger partial charge on any atom is 0.252 e. The predicted octanol–water partition coefficient (Wildman–Crippen LogP) is 1.95. The molecule has 0 radical (unpaired) electrons. The van der Waals surface area contributed by atoms with E-state index in [0.29, 0.717) is 37.3 Å². The van der Waals surface area contributed by atoms with Crippen molar-refractivity contribution in [2.24, 2.45) is 4.99 Å². The molecule has 0 bridgehead atoms. The average Bonchev–Trinajstić information content (AvgIpc) is 3.06. The Morgan fingerprint density at radius 1 is 1.06 bits per heavy atom. The lowest BCUT2D eigenvalue weighted by Gasteiger charge is -2.24. The Morgan fingerprint density at radius 3 is 2.40 bits per heavy atom. The molecule has 3 N–H and O–H groups in total. The van der Waals surface area contributed by atoms with Crippen LogP contribution in [-0.2, 0) is 25.5 Å². The third kappa shape index (κ3) is 8.97. The quantitative estimate of drug-likeness (QED) is 0.191.